The highest BCUT2D eigenvalue weighted by Crippen LogP contribution is 2.22. The van der Waals surface area contributed by atoms with E-state index in [2.05, 4.69) is 4.90 Å². The second kappa shape index (κ2) is 6.35. The van der Waals surface area contributed by atoms with Crippen LogP contribution in [0.4, 0.5) is 0 Å². The minimum Gasteiger partial charge on any atom is -0.298 e. The summed E-state index contributed by atoms with van der Waals surface area (Å²) in [6.45, 7) is 3.18. The highest BCUT2D eigenvalue weighted by Gasteiger charge is 2.27. The van der Waals surface area contributed by atoms with E-state index in [1.807, 2.05) is 0 Å². The Labute approximate surface area is 111 Å². The van der Waals surface area contributed by atoms with Gasteiger partial charge in [-0.15, -0.1) is 0 Å². The minimum absolute atomic E-state index is 0.676. The molecule has 106 valence electrons. The summed E-state index contributed by atoms with van der Waals surface area (Å²) in [5, 5.41) is 0. The molecule has 1 heterocycles. The zero-order valence-corrected chi connectivity index (χ0v) is 12.3. The molecule has 0 unspecified atom stereocenters. The molecule has 0 atom stereocenters. The van der Waals surface area contributed by atoms with Gasteiger partial charge in [-0.2, -0.15) is 4.31 Å². The summed E-state index contributed by atoms with van der Waals surface area (Å²) in [5.74, 6) is 0. The summed E-state index contributed by atoms with van der Waals surface area (Å²) in [6, 6.07) is 0.701. The third-order valence-electron chi connectivity index (χ3n) is 4.33. The van der Waals surface area contributed by atoms with Crippen LogP contribution >= 0.6 is 0 Å². The van der Waals surface area contributed by atoms with Crippen molar-refractivity contribution in [3.05, 3.63) is 0 Å². The third-order valence-corrected chi connectivity index (χ3v) is 5.64. The maximum absolute atomic E-state index is 11.5. The SMILES string of the molecule is CS(=O)(=O)N1CCN(C2CCCCCCC2)CC1. The Morgan fingerprint density at radius 3 is 1.83 bits per heavy atom. The van der Waals surface area contributed by atoms with Crippen LogP contribution in [0, 0.1) is 0 Å². The molecule has 2 rings (SSSR count). The van der Waals surface area contributed by atoms with Gasteiger partial charge in [0.2, 0.25) is 10.0 Å². The molecule has 4 nitrogen and oxygen atoms in total. The molecular formula is C13H26N2O2S. The molecule has 0 aromatic rings. The van der Waals surface area contributed by atoms with Gasteiger partial charge >= 0.3 is 0 Å². The van der Waals surface area contributed by atoms with Gasteiger partial charge in [0.1, 0.15) is 0 Å². The molecule has 0 aromatic heterocycles. The lowest BCUT2D eigenvalue weighted by Crippen LogP contribution is -2.51. The second-order valence-corrected chi connectivity index (χ2v) is 7.68. The fraction of sp³-hybridized carbons (Fsp3) is 1.00. The summed E-state index contributed by atoms with van der Waals surface area (Å²) < 4.78 is 24.6. The topological polar surface area (TPSA) is 40.6 Å². The van der Waals surface area contributed by atoms with Crippen LogP contribution in [0.1, 0.15) is 44.9 Å². The number of piperazine rings is 1. The van der Waals surface area contributed by atoms with Gasteiger partial charge < -0.3 is 0 Å². The Morgan fingerprint density at radius 2 is 1.33 bits per heavy atom. The fourth-order valence-electron chi connectivity index (χ4n) is 3.20. The average Bonchev–Trinajstić information content (AvgIpc) is 2.27. The number of rotatable bonds is 2. The molecule has 1 saturated carbocycles. The predicted molar refractivity (Wildman–Crippen MR) is 74.1 cm³/mol. The first kappa shape index (κ1) is 14.3. The van der Waals surface area contributed by atoms with Gasteiger partial charge in [0.05, 0.1) is 6.26 Å². The molecule has 1 saturated heterocycles. The first-order chi connectivity index (χ1) is 8.57. The zero-order chi connectivity index (χ0) is 13.0. The molecule has 1 aliphatic heterocycles. The summed E-state index contributed by atoms with van der Waals surface area (Å²) >= 11 is 0. The molecule has 0 spiro atoms. The Morgan fingerprint density at radius 1 is 0.833 bits per heavy atom. The van der Waals surface area contributed by atoms with Gasteiger partial charge in [-0.3, -0.25) is 4.90 Å². The van der Waals surface area contributed by atoms with Crippen molar-refractivity contribution in [3.8, 4) is 0 Å². The largest absolute Gasteiger partial charge is 0.298 e. The zero-order valence-electron chi connectivity index (χ0n) is 11.5. The summed E-state index contributed by atoms with van der Waals surface area (Å²) in [6.07, 6.45) is 10.8. The Kier molecular flexibility index (Phi) is 5.04. The normalized spacial score (nSPS) is 26.7. The van der Waals surface area contributed by atoms with E-state index in [1.165, 1.54) is 51.2 Å². The van der Waals surface area contributed by atoms with Crippen molar-refractivity contribution in [2.45, 2.75) is 51.0 Å². The Hall–Kier alpha value is -0.130. The van der Waals surface area contributed by atoms with Crippen LogP contribution in [-0.4, -0.2) is 56.1 Å². The lowest BCUT2D eigenvalue weighted by molar-refractivity contribution is 0.118. The predicted octanol–water partition coefficient (Wildman–Crippen LogP) is 1.68. The van der Waals surface area contributed by atoms with E-state index in [1.54, 1.807) is 4.31 Å². The van der Waals surface area contributed by atoms with Crippen molar-refractivity contribution in [2.75, 3.05) is 32.4 Å². The van der Waals surface area contributed by atoms with E-state index < -0.39 is 10.0 Å². The molecule has 0 radical (unpaired) electrons. The Balaban J connectivity index is 1.84. The highest BCUT2D eigenvalue weighted by atomic mass is 32.2. The number of hydrogen-bond donors (Lipinski definition) is 0. The van der Waals surface area contributed by atoms with E-state index in [0.717, 1.165) is 13.1 Å². The summed E-state index contributed by atoms with van der Waals surface area (Å²) in [5.41, 5.74) is 0. The molecule has 2 fully saturated rings. The Bertz CT molecular complexity index is 340. The van der Waals surface area contributed by atoms with Crippen LogP contribution in [0.25, 0.3) is 0 Å². The maximum Gasteiger partial charge on any atom is 0.211 e. The molecular weight excluding hydrogens is 248 g/mol. The second-order valence-electron chi connectivity index (χ2n) is 5.70. The van der Waals surface area contributed by atoms with Gasteiger partial charge in [-0.1, -0.05) is 32.1 Å². The van der Waals surface area contributed by atoms with Crippen LogP contribution in [0.5, 0.6) is 0 Å². The van der Waals surface area contributed by atoms with Crippen molar-refractivity contribution in [1.82, 2.24) is 9.21 Å². The monoisotopic (exact) mass is 274 g/mol. The lowest BCUT2D eigenvalue weighted by atomic mass is 9.95. The third kappa shape index (κ3) is 3.93. The van der Waals surface area contributed by atoms with E-state index in [-0.39, 0.29) is 0 Å². The summed E-state index contributed by atoms with van der Waals surface area (Å²) in [4.78, 5) is 2.52. The van der Waals surface area contributed by atoms with Crippen LogP contribution in [0.3, 0.4) is 0 Å². The molecule has 18 heavy (non-hydrogen) atoms. The van der Waals surface area contributed by atoms with Gasteiger partial charge in [0.15, 0.2) is 0 Å². The minimum atomic E-state index is -2.99. The standard InChI is InChI=1S/C13H26N2O2S/c1-18(16,17)15-11-9-14(10-12-15)13-7-5-3-2-4-6-8-13/h13H,2-12H2,1H3. The molecule has 2 aliphatic rings. The van der Waals surface area contributed by atoms with E-state index >= 15 is 0 Å². The molecule has 0 bridgehead atoms. The molecule has 5 heteroatoms. The van der Waals surface area contributed by atoms with E-state index in [4.69, 9.17) is 0 Å². The van der Waals surface area contributed by atoms with E-state index in [0.29, 0.717) is 19.1 Å². The van der Waals surface area contributed by atoms with Gasteiger partial charge in [-0.05, 0) is 12.8 Å². The lowest BCUT2D eigenvalue weighted by Gasteiger charge is -2.39. The first-order valence-electron chi connectivity index (χ1n) is 7.26. The summed E-state index contributed by atoms with van der Waals surface area (Å²) in [7, 11) is -2.99. The number of hydrogen-bond acceptors (Lipinski definition) is 3. The quantitative estimate of drug-likeness (QED) is 0.769. The molecule has 0 amide bonds. The molecule has 0 N–H and O–H groups in total. The van der Waals surface area contributed by atoms with Crippen LogP contribution < -0.4 is 0 Å². The maximum atomic E-state index is 11.5. The van der Waals surface area contributed by atoms with Gasteiger partial charge in [0, 0.05) is 32.2 Å². The average molecular weight is 274 g/mol. The van der Waals surface area contributed by atoms with Crippen molar-refractivity contribution in [3.63, 3.8) is 0 Å². The number of nitrogens with zero attached hydrogens (tertiary/aromatic N) is 2. The van der Waals surface area contributed by atoms with Crippen molar-refractivity contribution < 1.29 is 8.42 Å². The van der Waals surface area contributed by atoms with Crippen LogP contribution in [-0.2, 0) is 10.0 Å². The smallest absolute Gasteiger partial charge is 0.211 e. The highest BCUT2D eigenvalue weighted by molar-refractivity contribution is 7.88. The van der Waals surface area contributed by atoms with Crippen molar-refractivity contribution in [2.24, 2.45) is 0 Å². The fourth-order valence-corrected chi connectivity index (χ4v) is 4.03. The molecule has 1 aliphatic carbocycles. The van der Waals surface area contributed by atoms with Crippen molar-refractivity contribution in [1.29, 1.82) is 0 Å². The first-order valence-corrected chi connectivity index (χ1v) is 9.11. The van der Waals surface area contributed by atoms with Crippen LogP contribution in [0.15, 0.2) is 0 Å². The van der Waals surface area contributed by atoms with Gasteiger partial charge in [-0.25, -0.2) is 8.42 Å². The van der Waals surface area contributed by atoms with E-state index in [9.17, 15) is 8.42 Å². The number of sulfonamides is 1. The van der Waals surface area contributed by atoms with Crippen molar-refractivity contribution >= 4 is 10.0 Å². The van der Waals surface area contributed by atoms with Gasteiger partial charge in [0.25, 0.3) is 0 Å². The molecule has 0 aromatic carbocycles. The van der Waals surface area contributed by atoms with Crippen LogP contribution in [0.2, 0.25) is 0 Å².